The number of nitrogens with zero attached hydrogens (tertiary/aromatic N) is 3. The molecule has 0 spiro atoms. The minimum absolute atomic E-state index is 0.0273. The number of fused-ring (bicyclic) bond motifs is 1. The molecule has 24 heavy (non-hydrogen) atoms. The van der Waals surface area contributed by atoms with Gasteiger partial charge in [-0.25, -0.2) is 4.39 Å². The number of hydrogen-bond acceptors (Lipinski definition) is 4. The van der Waals surface area contributed by atoms with Crippen LogP contribution < -0.4 is 10.1 Å². The highest BCUT2D eigenvalue weighted by molar-refractivity contribution is 5.93. The number of rotatable bonds is 4. The van der Waals surface area contributed by atoms with Gasteiger partial charge in [-0.05, 0) is 31.2 Å². The summed E-state index contributed by atoms with van der Waals surface area (Å²) in [4.78, 5) is 14.6. The van der Waals surface area contributed by atoms with Gasteiger partial charge < -0.3 is 15.0 Å². The molecule has 0 saturated carbocycles. The molecule has 6 nitrogen and oxygen atoms in total. The van der Waals surface area contributed by atoms with Crippen LogP contribution in [-0.2, 0) is 13.2 Å². The smallest absolute Gasteiger partial charge is 0.272 e. The van der Waals surface area contributed by atoms with Crippen molar-refractivity contribution in [3.8, 4) is 5.75 Å². The molecule has 2 aromatic rings. The zero-order chi connectivity index (χ0) is 16.5. The van der Waals surface area contributed by atoms with E-state index in [1.165, 1.54) is 12.1 Å². The number of benzene rings is 1. The van der Waals surface area contributed by atoms with Crippen molar-refractivity contribution in [2.75, 3.05) is 19.6 Å². The van der Waals surface area contributed by atoms with Gasteiger partial charge in [0.15, 0.2) is 0 Å². The lowest BCUT2D eigenvalue weighted by Gasteiger charge is -2.32. The van der Waals surface area contributed by atoms with Crippen LogP contribution in [0.5, 0.6) is 5.75 Å². The van der Waals surface area contributed by atoms with E-state index in [9.17, 15) is 9.18 Å². The normalized spacial score (nSPS) is 20.3. The maximum Gasteiger partial charge on any atom is 0.272 e. The summed E-state index contributed by atoms with van der Waals surface area (Å²) in [6.45, 7) is 3.40. The zero-order valence-electron chi connectivity index (χ0n) is 13.2. The summed E-state index contributed by atoms with van der Waals surface area (Å²) in [7, 11) is 0. The Morgan fingerprint density at radius 1 is 1.33 bits per heavy atom. The molecule has 1 fully saturated rings. The van der Waals surface area contributed by atoms with Crippen molar-refractivity contribution in [2.24, 2.45) is 0 Å². The van der Waals surface area contributed by atoms with E-state index < -0.39 is 0 Å². The molecule has 1 saturated heterocycles. The first-order valence-electron chi connectivity index (χ1n) is 8.17. The molecule has 1 aromatic carbocycles. The summed E-state index contributed by atoms with van der Waals surface area (Å²) in [6, 6.07) is 8.03. The van der Waals surface area contributed by atoms with Gasteiger partial charge in [-0.1, -0.05) is 6.07 Å². The molecule has 1 atom stereocenters. The lowest BCUT2D eigenvalue weighted by atomic mass is 10.1. The molecule has 3 heterocycles. The van der Waals surface area contributed by atoms with E-state index in [-0.39, 0.29) is 24.4 Å². The van der Waals surface area contributed by atoms with Gasteiger partial charge in [0.25, 0.3) is 5.91 Å². The highest BCUT2D eigenvalue weighted by Gasteiger charge is 2.32. The first kappa shape index (κ1) is 15.1. The Balaban J connectivity index is 1.46. The van der Waals surface area contributed by atoms with E-state index in [0.717, 1.165) is 19.5 Å². The van der Waals surface area contributed by atoms with Gasteiger partial charge in [0.1, 0.15) is 29.6 Å². The minimum Gasteiger partial charge on any atom is -0.487 e. The fraction of sp³-hybridized carbons (Fsp3) is 0.412. The molecular weight excluding hydrogens is 311 g/mol. The van der Waals surface area contributed by atoms with Crippen molar-refractivity contribution < 1.29 is 13.9 Å². The zero-order valence-corrected chi connectivity index (χ0v) is 13.2. The van der Waals surface area contributed by atoms with Crippen molar-refractivity contribution >= 4 is 5.91 Å². The van der Waals surface area contributed by atoms with Crippen molar-refractivity contribution in [1.82, 2.24) is 20.0 Å². The number of nitrogens with one attached hydrogen (secondary N) is 1. The molecule has 1 unspecified atom stereocenters. The first-order valence-corrected chi connectivity index (χ1v) is 8.17. The number of ether oxygens (including phenoxy) is 1. The van der Waals surface area contributed by atoms with E-state index in [0.29, 0.717) is 30.2 Å². The van der Waals surface area contributed by atoms with Gasteiger partial charge in [0, 0.05) is 25.2 Å². The molecule has 1 amide bonds. The third-order valence-electron chi connectivity index (χ3n) is 4.52. The van der Waals surface area contributed by atoms with Gasteiger partial charge in [-0.15, -0.1) is 0 Å². The van der Waals surface area contributed by atoms with E-state index in [4.69, 9.17) is 4.74 Å². The molecule has 1 N–H and O–H groups in total. The van der Waals surface area contributed by atoms with Crippen LogP contribution in [0.3, 0.4) is 0 Å². The Morgan fingerprint density at radius 3 is 3.04 bits per heavy atom. The number of aromatic nitrogens is 2. The second-order valence-electron chi connectivity index (χ2n) is 6.14. The fourth-order valence-electron chi connectivity index (χ4n) is 3.30. The monoisotopic (exact) mass is 330 g/mol. The second kappa shape index (κ2) is 6.24. The Kier molecular flexibility index (Phi) is 3.93. The second-order valence-corrected chi connectivity index (χ2v) is 6.14. The largest absolute Gasteiger partial charge is 0.487 e. The summed E-state index contributed by atoms with van der Waals surface area (Å²) in [6.07, 6.45) is 0.995. The van der Waals surface area contributed by atoms with Crippen LogP contribution in [0, 0.1) is 5.82 Å². The van der Waals surface area contributed by atoms with Gasteiger partial charge in [0.05, 0.1) is 6.54 Å². The average molecular weight is 330 g/mol. The van der Waals surface area contributed by atoms with Crippen LogP contribution >= 0.6 is 0 Å². The molecule has 4 rings (SSSR count). The SMILES string of the molecule is O=C1c2cc(COc3cccc(F)c3)nn2CCN1C1CCNC1. The Labute approximate surface area is 139 Å². The van der Waals surface area contributed by atoms with Gasteiger partial charge in [-0.2, -0.15) is 5.10 Å². The summed E-state index contributed by atoms with van der Waals surface area (Å²) < 4.78 is 20.5. The molecule has 0 aliphatic carbocycles. The third-order valence-corrected chi connectivity index (χ3v) is 4.52. The van der Waals surface area contributed by atoms with Gasteiger partial charge in [0.2, 0.25) is 0 Å². The summed E-state index contributed by atoms with van der Waals surface area (Å²) in [5, 5.41) is 7.73. The van der Waals surface area contributed by atoms with Crippen LogP contribution in [-0.4, -0.2) is 46.3 Å². The number of carbonyl (C=O) groups is 1. The van der Waals surface area contributed by atoms with E-state index in [1.807, 2.05) is 4.90 Å². The molecule has 126 valence electrons. The number of amides is 1. The van der Waals surface area contributed by atoms with E-state index >= 15 is 0 Å². The lowest BCUT2D eigenvalue weighted by Crippen LogP contribution is -2.47. The van der Waals surface area contributed by atoms with Crippen molar-refractivity contribution in [1.29, 1.82) is 0 Å². The molecule has 7 heteroatoms. The molecule has 0 bridgehead atoms. The summed E-state index contributed by atoms with van der Waals surface area (Å²) in [5.74, 6) is 0.137. The van der Waals surface area contributed by atoms with Crippen LogP contribution in [0.4, 0.5) is 4.39 Å². The Bertz CT molecular complexity index is 755. The number of hydrogen-bond donors (Lipinski definition) is 1. The van der Waals surface area contributed by atoms with Crippen LogP contribution in [0.15, 0.2) is 30.3 Å². The summed E-state index contributed by atoms with van der Waals surface area (Å²) >= 11 is 0. The Morgan fingerprint density at radius 2 is 2.25 bits per heavy atom. The fourth-order valence-corrected chi connectivity index (χ4v) is 3.30. The van der Waals surface area contributed by atoms with Gasteiger partial charge >= 0.3 is 0 Å². The van der Waals surface area contributed by atoms with Crippen LogP contribution in [0.2, 0.25) is 0 Å². The number of carbonyl (C=O) groups excluding carboxylic acids is 1. The number of halogens is 1. The highest BCUT2D eigenvalue weighted by Crippen LogP contribution is 2.20. The standard InChI is InChI=1S/C17H19FN4O2/c18-12-2-1-3-15(8-12)24-11-13-9-16-17(23)21(6-7-22(16)20-13)14-4-5-19-10-14/h1-3,8-9,14,19H,4-7,10-11H2. The maximum absolute atomic E-state index is 13.2. The van der Waals surface area contributed by atoms with E-state index in [1.54, 1.807) is 22.9 Å². The van der Waals surface area contributed by atoms with Crippen LogP contribution in [0.1, 0.15) is 22.6 Å². The van der Waals surface area contributed by atoms with Crippen LogP contribution in [0.25, 0.3) is 0 Å². The molecule has 2 aliphatic rings. The molecule has 2 aliphatic heterocycles. The first-order chi connectivity index (χ1) is 11.7. The third kappa shape index (κ3) is 2.87. The predicted molar refractivity (Wildman–Crippen MR) is 85.3 cm³/mol. The molecular formula is C17H19FN4O2. The maximum atomic E-state index is 13.2. The summed E-state index contributed by atoms with van der Waals surface area (Å²) in [5.41, 5.74) is 1.28. The van der Waals surface area contributed by atoms with Crippen molar-refractivity contribution in [2.45, 2.75) is 25.6 Å². The quantitative estimate of drug-likeness (QED) is 0.921. The topological polar surface area (TPSA) is 59.4 Å². The average Bonchev–Trinajstić information content (AvgIpc) is 3.23. The predicted octanol–water partition coefficient (Wildman–Crippen LogP) is 1.42. The van der Waals surface area contributed by atoms with Crippen molar-refractivity contribution in [3.05, 3.63) is 47.5 Å². The van der Waals surface area contributed by atoms with Gasteiger partial charge in [-0.3, -0.25) is 9.48 Å². The molecule has 0 radical (unpaired) electrons. The Hall–Kier alpha value is -2.41. The van der Waals surface area contributed by atoms with Crippen molar-refractivity contribution in [3.63, 3.8) is 0 Å². The molecule has 1 aromatic heterocycles. The lowest BCUT2D eigenvalue weighted by molar-refractivity contribution is 0.0626. The highest BCUT2D eigenvalue weighted by atomic mass is 19.1. The minimum atomic E-state index is -0.340. The van der Waals surface area contributed by atoms with E-state index in [2.05, 4.69) is 10.4 Å².